The van der Waals surface area contributed by atoms with E-state index in [0.717, 1.165) is 10.7 Å². The molecule has 0 radical (unpaired) electrons. The van der Waals surface area contributed by atoms with E-state index in [1.165, 1.54) is 11.3 Å². The Morgan fingerprint density at radius 3 is 2.71 bits per heavy atom. The Kier molecular flexibility index (Phi) is 3.89. The van der Waals surface area contributed by atoms with Crippen molar-refractivity contribution < 1.29 is 4.79 Å². The highest BCUT2D eigenvalue weighted by molar-refractivity contribution is 7.13. The van der Waals surface area contributed by atoms with Gasteiger partial charge in [-0.1, -0.05) is 0 Å². The van der Waals surface area contributed by atoms with Crippen molar-refractivity contribution in [2.24, 2.45) is 0 Å². The minimum Gasteiger partial charge on any atom is -0.348 e. The van der Waals surface area contributed by atoms with Gasteiger partial charge in [-0.3, -0.25) is 4.79 Å². The molecule has 0 fully saturated rings. The van der Waals surface area contributed by atoms with Gasteiger partial charge in [-0.05, 0) is 20.8 Å². The largest absolute Gasteiger partial charge is 0.348 e. The number of nitrogens with one attached hydrogen (secondary N) is 1. The fourth-order valence-electron chi connectivity index (χ4n) is 1.07. The highest BCUT2D eigenvalue weighted by Gasteiger charge is 2.14. The molecule has 1 rings (SSSR count). The molecule has 1 aromatic heterocycles. The highest BCUT2D eigenvalue weighted by atomic mass is 35.5. The lowest BCUT2D eigenvalue weighted by Gasteiger charge is -2.08. The maximum Gasteiger partial charge on any atom is 0.263 e. The van der Waals surface area contributed by atoms with Crippen LogP contribution in [0.25, 0.3) is 0 Å². The number of alkyl halides is 1. The van der Waals surface area contributed by atoms with Crippen LogP contribution in [0.5, 0.6) is 0 Å². The first-order chi connectivity index (χ1) is 6.54. The number of nitrogens with zero attached hydrogens (tertiary/aromatic N) is 1. The van der Waals surface area contributed by atoms with Crippen molar-refractivity contribution in [2.45, 2.75) is 26.8 Å². The van der Waals surface area contributed by atoms with Gasteiger partial charge in [-0.2, -0.15) is 0 Å². The SMILES string of the molecule is Cc1nc(C)c(C(=O)NC(C)CCl)s1. The van der Waals surface area contributed by atoms with Crippen LogP contribution in [-0.2, 0) is 0 Å². The van der Waals surface area contributed by atoms with Gasteiger partial charge < -0.3 is 5.32 Å². The van der Waals surface area contributed by atoms with Gasteiger partial charge in [0.15, 0.2) is 0 Å². The van der Waals surface area contributed by atoms with E-state index in [4.69, 9.17) is 11.6 Å². The quantitative estimate of drug-likeness (QED) is 0.812. The molecule has 0 saturated carbocycles. The number of hydrogen-bond donors (Lipinski definition) is 1. The summed E-state index contributed by atoms with van der Waals surface area (Å²) in [5.74, 6) is 0.337. The van der Waals surface area contributed by atoms with E-state index < -0.39 is 0 Å². The van der Waals surface area contributed by atoms with E-state index in [2.05, 4.69) is 10.3 Å². The monoisotopic (exact) mass is 232 g/mol. The van der Waals surface area contributed by atoms with E-state index in [0.29, 0.717) is 10.8 Å². The van der Waals surface area contributed by atoms with E-state index in [1.807, 2.05) is 20.8 Å². The van der Waals surface area contributed by atoms with Gasteiger partial charge in [0.2, 0.25) is 0 Å². The molecule has 0 aliphatic carbocycles. The predicted octanol–water partition coefficient (Wildman–Crippen LogP) is 2.12. The molecule has 3 nitrogen and oxygen atoms in total. The number of hydrogen-bond acceptors (Lipinski definition) is 3. The van der Waals surface area contributed by atoms with Gasteiger partial charge in [0, 0.05) is 11.9 Å². The Bertz CT molecular complexity index is 338. The minimum absolute atomic E-state index is 0.00836. The van der Waals surface area contributed by atoms with Crippen LogP contribution in [-0.4, -0.2) is 22.8 Å². The third-order valence-electron chi connectivity index (χ3n) is 1.72. The summed E-state index contributed by atoms with van der Waals surface area (Å²) in [4.78, 5) is 16.5. The van der Waals surface area contributed by atoms with Gasteiger partial charge >= 0.3 is 0 Å². The van der Waals surface area contributed by atoms with E-state index in [-0.39, 0.29) is 11.9 Å². The molecular weight excluding hydrogens is 220 g/mol. The molecule has 0 aliphatic heterocycles. The summed E-state index contributed by atoms with van der Waals surface area (Å²) in [7, 11) is 0. The Labute approximate surface area is 92.5 Å². The molecule has 1 aromatic rings. The number of aromatic nitrogens is 1. The minimum atomic E-state index is -0.0822. The lowest BCUT2D eigenvalue weighted by atomic mass is 10.3. The van der Waals surface area contributed by atoms with Gasteiger partial charge in [-0.15, -0.1) is 22.9 Å². The molecule has 1 heterocycles. The number of rotatable bonds is 3. The second-order valence-electron chi connectivity index (χ2n) is 3.18. The molecule has 5 heteroatoms. The lowest BCUT2D eigenvalue weighted by Crippen LogP contribution is -2.33. The molecule has 0 spiro atoms. The summed E-state index contributed by atoms with van der Waals surface area (Å²) in [5, 5.41) is 3.71. The van der Waals surface area contributed by atoms with Crippen LogP contribution in [0.15, 0.2) is 0 Å². The molecule has 1 unspecified atom stereocenters. The first-order valence-corrected chi connectivity index (χ1v) is 5.70. The van der Waals surface area contributed by atoms with Crippen molar-refractivity contribution >= 4 is 28.8 Å². The normalized spacial score (nSPS) is 12.6. The third-order valence-corrected chi connectivity index (χ3v) is 3.25. The van der Waals surface area contributed by atoms with Gasteiger partial charge in [-0.25, -0.2) is 4.98 Å². The first-order valence-electron chi connectivity index (χ1n) is 4.35. The van der Waals surface area contributed by atoms with Crippen molar-refractivity contribution in [1.29, 1.82) is 0 Å². The summed E-state index contributed by atoms with van der Waals surface area (Å²) in [5.41, 5.74) is 0.784. The third kappa shape index (κ3) is 2.69. The maximum absolute atomic E-state index is 11.6. The highest BCUT2D eigenvalue weighted by Crippen LogP contribution is 2.16. The Hall–Kier alpha value is -0.610. The Morgan fingerprint density at radius 1 is 1.64 bits per heavy atom. The summed E-state index contributed by atoms with van der Waals surface area (Å²) in [6.07, 6.45) is 0. The van der Waals surface area contributed by atoms with Crippen LogP contribution in [0.1, 0.15) is 27.3 Å². The van der Waals surface area contributed by atoms with Crippen LogP contribution in [0, 0.1) is 13.8 Å². The Morgan fingerprint density at radius 2 is 2.29 bits per heavy atom. The molecule has 0 saturated heterocycles. The van der Waals surface area contributed by atoms with Crippen molar-refractivity contribution in [1.82, 2.24) is 10.3 Å². The van der Waals surface area contributed by atoms with Crippen molar-refractivity contribution in [2.75, 3.05) is 5.88 Å². The molecule has 0 aromatic carbocycles. The lowest BCUT2D eigenvalue weighted by molar-refractivity contribution is 0.0947. The van der Waals surface area contributed by atoms with E-state index in [9.17, 15) is 4.79 Å². The molecule has 1 amide bonds. The fraction of sp³-hybridized carbons (Fsp3) is 0.556. The zero-order valence-electron chi connectivity index (χ0n) is 8.43. The summed E-state index contributed by atoms with van der Waals surface area (Å²) >= 11 is 7.01. The summed E-state index contributed by atoms with van der Waals surface area (Å²) < 4.78 is 0. The molecule has 78 valence electrons. The van der Waals surface area contributed by atoms with Gasteiger partial charge in [0.05, 0.1) is 10.7 Å². The molecule has 0 aliphatic rings. The van der Waals surface area contributed by atoms with Crippen LogP contribution >= 0.6 is 22.9 Å². The molecule has 1 atom stereocenters. The second-order valence-corrected chi connectivity index (χ2v) is 4.69. The predicted molar refractivity (Wildman–Crippen MR) is 59.2 cm³/mol. The van der Waals surface area contributed by atoms with Gasteiger partial charge in [0.1, 0.15) is 4.88 Å². The topological polar surface area (TPSA) is 42.0 Å². The second kappa shape index (κ2) is 4.75. The molecule has 1 N–H and O–H groups in total. The average Bonchev–Trinajstić information content (AvgIpc) is 2.45. The van der Waals surface area contributed by atoms with Crippen molar-refractivity contribution in [3.63, 3.8) is 0 Å². The number of halogens is 1. The summed E-state index contributed by atoms with van der Waals surface area (Å²) in [6, 6.07) is -0.00836. The molecule has 0 bridgehead atoms. The zero-order valence-corrected chi connectivity index (χ0v) is 10.00. The average molecular weight is 233 g/mol. The smallest absolute Gasteiger partial charge is 0.263 e. The number of carbonyl (C=O) groups excluding carboxylic acids is 1. The van der Waals surface area contributed by atoms with Gasteiger partial charge in [0.25, 0.3) is 5.91 Å². The van der Waals surface area contributed by atoms with Crippen LogP contribution in [0.2, 0.25) is 0 Å². The van der Waals surface area contributed by atoms with Crippen molar-refractivity contribution in [3.05, 3.63) is 15.6 Å². The molecule has 14 heavy (non-hydrogen) atoms. The number of aryl methyl sites for hydroxylation is 2. The van der Waals surface area contributed by atoms with Crippen LogP contribution in [0.4, 0.5) is 0 Å². The van der Waals surface area contributed by atoms with Crippen LogP contribution in [0.3, 0.4) is 0 Å². The number of amides is 1. The number of carbonyl (C=O) groups is 1. The van der Waals surface area contributed by atoms with Crippen molar-refractivity contribution in [3.8, 4) is 0 Å². The van der Waals surface area contributed by atoms with E-state index >= 15 is 0 Å². The molecular formula is C9H13ClN2OS. The van der Waals surface area contributed by atoms with E-state index in [1.54, 1.807) is 0 Å². The van der Waals surface area contributed by atoms with Crippen LogP contribution < -0.4 is 5.32 Å². The Balaban J connectivity index is 2.74. The fourth-order valence-corrected chi connectivity index (χ4v) is 1.97. The summed E-state index contributed by atoms with van der Waals surface area (Å²) in [6.45, 7) is 5.59. The maximum atomic E-state index is 11.6. The zero-order chi connectivity index (χ0) is 10.7. The standard InChI is InChI=1S/C9H13ClN2OS/c1-5(4-10)11-9(13)8-6(2)12-7(3)14-8/h5H,4H2,1-3H3,(H,11,13). The first kappa shape index (κ1) is 11.5. The number of thiazole rings is 1.